The van der Waals surface area contributed by atoms with Gasteiger partial charge in [0.2, 0.25) is 0 Å². The molecule has 0 bridgehead atoms. The molecule has 1 saturated carbocycles. The zero-order valence-corrected chi connectivity index (χ0v) is 13.8. The molecule has 2 fully saturated rings. The van der Waals surface area contributed by atoms with Crippen LogP contribution in [0.4, 0.5) is 0 Å². The lowest BCUT2D eigenvalue weighted by atomic mass is 10.0. The second kappa shape index (κ2) is 7.45. The number of nitrogens with zero attached hydrogens (tertiary/aromatic N) is 1. The van der Waals surface area contributed by atoms with E-state index >= 15 is 0 Å². The van der Waals surface area contributed by atoms with Crippen LogP contribution in [-0.2, 0) is 9.47 Å². The first kappa shape index (κ1) is 16.6. The maximum Gasteiger partial charge on any atom is 0.191 e. The average molecular weight is 297 g/mol. The van der Waals surface area contributed by atoms with Crippen molar-refractivity contribution < 1.29 is 9.47 Å². The summed E-state index contributed by atoms with van der Waals surface area (Å²) in [5, 5.41) is 6.87. The van der Waals surface area contributed by atoms with Crippen LogP contribution in [0, 0.1) is 5.41 Å². The first-order valence-electron chi connectivity index (χ1n) is 8.28. The molecule has 122 valence electrons. The second-order valence-corrected chi connectivity index (χ2v) is 6.63. The van der Waals surface area contributed by atoms with E-state index in [-0.39, 0.29) is 5.60 Å². The molecule has 2 rings (SSSR count). The number of aliphatic imine (C=N–C) groups is 1. The Bertz CT molecular complexity index is 347. The Morgan fingerprint density at radius 3 is 2.57 bits per heavy atom. The van der Waals surface area contributed by atoms with E-state index in [4.69, 9.17) is 9.47 Å². The van der Waals surface area contributed by atoms with E-state index in [1.807, 2.05) is 7.05 Å². The lowest BCUT2D eigenvalue weighted by Crippen LogP contribution is -2.46. The first-order chi connectivity index (χ1) is 10.1. The Morgan fingerprint density at radius 2 is 2.00 bits per heavy atom. The monoisotopic (exact) mass is 297 g/mol. The maximum absolute atomic E-state index is 5.80. The van der Waals surface area contributed by atoms with Gasteiger partial charge in [0.05, 0.1) is 5.60 Å². The van der Waals surface area contributed by atoms with Crippen LogP contribution in [0.3, 0.4) is 0 Å². The van der Waals surface area contributed by atoms with Gasteiger partial charge in [-0.2, -0.15) is 0 Å². The molecule has 1 aliphatic carbocycles. The maximum atomic E-state index is 5.80. The first-order valence-corrected chi connectivity index (χ1v) is 8.28. The van der Waals surface area contributed by atoms with Gasteiger partial charge in [0, 0.05) is 40.0 Å². The smallest absolute Gasteiger partial charge is 0.191 e. The third kappa shape index (κ3) is 5.15. The molecule has 1 aliphatic heterocycles. The highest BCUT2D eigenvalue weighted by atomic mass is 16.5. The molecule has 0 aromatic carbocycles. The molecule has 2 N–H and O–H groups in total. The predicted octanol–water partition coefficient (Wildman–Crippen LogP) is 1.93. The van der Waals surface area contributed by atoms with Crippen molar-refractivity contribution in [1.29, 1.82) is 0 Å². The van der Waals surface area contributed by atoms with Crippen LogP contribution in [0.15, 0.2) is 4.99 Å². The van der Waals surface area contributed by atoms with Gasteiger partial charge in [-0.15, -0.1) is 0 Å². The average Bonchev–Trinajstić information content (AvgIpc) is 3.12. The summed E-state index contributed by atoms with van der Waals surface area (Å²) < 4.78 is 11.3. The molecule has 1 atom stereocenters. The van der Waals surface area contributed by atoms with E-state index in [1.165, 1.54) is 12.8 Å². The molecule has 1 unspecified atom stereocenters. The van der Waals surface area contributed by atoms with Crippen molar-refractivity contribution in [2.75, 3.05) is 40.0 Å². The van der Waals surface area contributed by atoms with Crippen molar-refractivity contribution in [3.63, 3.8) is 0 Å². The molecule has 0 spiro atoms. The minimum Gasteiger partial charge on any atom is -0.382 e. The van der Waals surface area contributed by atoms with Crippen LogP contribution in [0.1, 0.15) is 46.0 Å². The topological polar surface area (TPSA) is 54.9 Å². The summed E-state index contributed by atoms with van der Waals surface area (Å²) in [6.07, 6.45) is 6.02. The van der Waals surface area contributed by atoms with Gasteiger partial charge < -0.3 is 20.1 Å². The Balaban J connectivity index is 1.68. The van der Waals surface area contributed by atoms with Crippen LogP contribution in [0.25, 0.3) is 0 Å². The molecule has 0 radical (unpaired) electrons. The largest absolute Gasteiger partial charge is 0.382 e. The Labute approximate surface area is 128 Å². The highest BCUT2D eigenvalue weighted by Gasteiger charge is 2.42. The van der Waals surface area contributed by atoms with Crippen LogP contribution < -0.4 is 10.6 Å². The standard InChI is InChI=1S/C16H31N3O2/c1-4-20-11-9-16(7-8-16)13-19-14(17-3)18-12-15(2)6-5-10-21-15/h4-13H2,1-3H3,(H2,17,18,19). The van der Waals surface area contributed by atoms with Gasteiger partial charge in [-0.3, -0.25) is 4.99 Å². The van der Waals surface area contributed by atoms with Gasteiger partial charge in [0.25, 0.3) is 0 Å². The number of hydrogen-bond donors (Lipinski definition) is 2. The molecule has 5 heteroatoms. The van der Waals surface area contributed by atoms with E-state index in [9.17, 15) is 0 Å². The molecule has 1 saturated heterocycles. The Hall–Kier alpha value is -0.810. The zero-order chi connectivity index (χ0) is 15.2. The van der Waals surface area contributed by atoms with Gasteiger partial charge in [-0.25, -0.2) is 0 Å². The molecule has 0 amide bonds. The lowest BCUT2D eigenvalue weighted by Gasteiger charge is -2.25. The Morgan fingerprint density at radius 1 is 1.24 bits per heavy atom. The highest BCUT2D eigenvalue weighted by Crippen LogP contribution is 2.48. The van der Waals surface area contributed by atoms with Gasteiger partial charge in [-0.05, 0) is 51.4 Å². The quantitative estimate of drug-likeness (QED) is 0.408. The number of ether oxygens (including phenoxy) is 2. The molecule has 21 heavy (non-hydrogen) atoms. The van der Waals surface area contributed by atoms with Crippen LogP contribution >= 0.6 is 0 Å². The van der Waals surface area contributed by atoms with Crippen molar-refractivity contribution >= 4 is 5.96 Å². The van der Waals surface area contributed by atoms with Crippen molar-refractivity contribution in [3.05, 3.63) is 0 Å². The summed E-state index contributed by atoms with van der Waals surface area (Å²) in [5.41, 5.74) is 0.393. The fourth-order valence-electron chi connectivity index (χ4n) is 2.86. The predicted molar refractivity (Wildman–Crippen MR) is 85.7 cm³/mol. The summed E-state index contributed by atoms with van der Waals surface area (Å²) in [7, 11) is 1.83. The Kier molecular flexibility index (Phi) is 5.88. The fraction of sp³-hybridized carbons (Fsp3) is 0.938. The minimum absolute atomic E-state index is 0.0378. The van der Waals surface area contributed by atoms with Crippen molar-refractivity contribution in [1.82, 2.24) is 10.6 Å². The normalized spacial score (nSPS) is 27.7. The summed E-state index contributed by atoms with van der Waals surface area (Å²) in [5.74, 6) is 0.884. The number of hydrogen-bond acceptors (Lipinski definition) is 3. The van der Waals surface area contributed by atoms with E-state index in [2.05, 4.69) is 29.5 Å². The summed E-state index contributed by atoms with van der Waals surface area (Å²) in [6.45, 7) is 8.59. The van der Waals surface area contributed by atoms with Crippen LogP contribution in [-0.4, -0.2) is 51.5 Å². The molecular weight excluding hydrogens is 266 g/mol. The third-order valence-electron chi connectivity index (χ3n) is 4.72. The molecular formula is C16H31N3O2. The molecule has 1 heterocycles. The van der Waals surface area contributed by atoms with Gasteiger partial charge in [0.15, 0.2) is 5.96 Å². The summed E-state index contributed by atoms with van der Waals surface area (Å²) in [6, 6.07) is 0. The molecule has 5 nitrogen and oxygen atoms in total. The van der Waals surface area contributed by atoms with Crippen molar-refractivity contribution in [2.45, 2.75) is 51.6 Å². The van der Waals surface area contributed by atoms with Crippen LogP contribution in [0.2, 0.25) is 0 Å². The van der Waals surface area contributed by atoms with Gasteiger partial charge in [-0.1, -0.05) is 0 Å². The van der Waals surface area contributed by atoms with Gasteiger partial charge >= 0.3 is 0 Å². The second-order valence-electron chi connectivity index (χ2n) is 6.63. The number of guanidine groups is 1. The highest BCUT2D eigenvalue weighted by molar-refractivity contribution is 5.79. The number of rotatable bonds is 8. The summed E-state index contributed by atoms with van der Waals surface area (Å²) >= 11 is 0. The molecule has 2 aliphatic rings. The van der Waals surface area contributed by atoms with Crippen molar-refractivity contribution in [3.8, 4) is 0 Å². The molecule has 0 aromatic rings. The summed E-state index contributed by atoms with van der Waals surface area (Å²) in [4.78, 5) is 4.32. The molecule has 0 aromatic heterocycles. The van der Waals surface area contributed by atoms with E-state index in [0.29, 0.717) is 5.41 Å². The number of nitrogens with one attached hydrogen (secondary N) is 2. The van der Waals surface area contributed by atoms with E-state index in [0.717, 1.165) is 58.1 Å². The minimum atomic E-state index is -0.0378. The SMILES string of the molecule is CCOCCC1(CNC(=NC)NCC2(C)CCCO2)CC1. The van der Waals surface area contributed by atoms with E-state index in [1.54, 1.807) is 0 Å². The van der Waals surface area contributed by atoms with Gasteiger partial charge in [0.1, 0.15) is 0 Å². The zero-order valence-electron chi connectivity index (χ0n) is 13.8. The third-order valence-corrected chi connectivity index (χ3v) is 4.72. The fourth-order valence-corrected chi connectivity index (χ4v) is 2.86. The lowest BCUT2D eigenvalue weighted by molar-refractivity contribution is 0.0242. The van der Waals surface area contributed by atoms with Crippen LogP contribution in [0.5, 0.6) is 0 Å². The van der Waals surface area contributed by atoms with Crippen molar-refractivity contribution in [2.24, 2.45) is 10.4 Å². The van der Waals surface area contributed by atoms with E-state index < -0.39 is 0 Å².